The fraction of sp³-hybridized carbons (Fsp3) is 0.458. The number of hydrogen-bond donors (Lipinski definition) is 2. The highest BCUT2D eigenvalue weighted by atomic mass is 35.5. The van der Waals surface area contributed by atoms with E-state index in [1.807, 2.05) is 13.8 Å². The van der Waals surface area contributed by atoms with Crippen molar-refractivity contribution >= 4 is 41.0 Å². The van der Waals surface area contributed by atoms with Crippen LogP contribution in [0.1, 0.15) is 53.3 Å². The molecule has 0 aliphatic carbocycles. The van der Waals surface area contributed by atoms with Crippen LogP contribution >= 0.6 is 12.4 Å². The number of rotatable bonds is 8. The number of pyridine rings is 1. The lowest BCUT2D eigenvalue weighted by Gasteiger charge is -2.14. The van der Waals surface area contributed by atoms with Crippen LogP contribution in [0.2, 0.25) is 0 Å². The molecule has 1 aliphatic heterocycles. The maximum absolute atomic E-state index is 13.0. The second-order valence-corrected chi connectivity index (χ2v) is 9.00. The Balaban J connectivity index is 0.00000342. The Hall–Kier alpha value is -3.24. The molecular formula is C24H31ClN6O4. The van der Waals surface area contributed by atoms with E-state index in [-0.39, 0.29) is 52.1 Å². The average Bonchev–Trinajstić information content (AvgIpc) is 3.43. The van der Waals surface area contributed by atoms with E-state index in [0.717, 1.165) is 19.6 Å². The molecule has 35 heavy (non-hydrogen) atoms. The van der Waals surface area contributed by atoms with Crippen LogP contribution in [-0.2, 0) is 6.54 Å². The molecule has 4 heterocycles. The van der Waals surface area contributed by atoms with Crippen molar-refractivity contribution < 1.29 is 14.0 Å². The molecule has 3 aromatic heterocycles. The summed E-state index contributed by atoms with van der Waals surface area (Å²) in [5, 5.41) is 5.76. The maximum atomic E-state index is 13.0. The Morgan fingerprint density at radius 2 is 1.89 bits per heavy atom. The number of amides is 2. The van der Waals surface area contributed by atoms with Crippen LogP contribution in [0, 0.1) is 12.8 Å². The number of fused-ring (bicyclic) bond motifs is 1. The van der Waals surface area contributed by atoms with Gasteiger partial charge >= 0.3 is 0 Å². The second kappa shape index (κ2) is 11.5. The van der Waals surface area contributed by atoms with Gasteiger partial charge in [-0.3, -0.25) is 19.0 Å². The predicted octanol–water partition coefficient (Wildman–Crippen LogP) is 2.85. The van der Waals surface area contributed by atoms with Gasteiger partial charge in [0.25, 0.3) is 17.4 Å². The molecule has 1 aliphatic rings. The van der Waals surface area contributed by atoms with Gasteiger partial charge in [0, 0.05) is 19.6 Å². The van der Waals surface area contributed by atoms with Crippen molar-refractivity contribution in [2.24, 2.45) is 5.92 Å². The van der Waals surface area contributed by atoms with E-state index in [2.05, 4.69) is 25.5 Å². The normalized spacial score (nSPS) is 13.7. The summed E-state index contributed by atoms with van der Waals surface area (Å²) in [5.74, 6) is -0.210. The zero-order chi connectivity index (χ0) is 24.2. The number of aromatic nitrogens is 3. The van der Waals surface area contributed by atoms with Gasteiger partial charge in [-0.1, -0.05) is 13.8 Å². The highest BCUT2D eigenvalue weighted by molar-refractivity contribution is 6.12. The highest BCUT2D eigenvalue weighted by Crippen LogP contribution is 2.22. The standard InChI is InChI=1S/C24H30N6O4.ClH/c1-15(2)13-30-14-27-23-20(24(30)33)19(16(3)34-23)22(32)28-17-6-7-18(26-12-17)21(31)25-8-11-29-9-4-5-10-29;/h6-7,12,14-15H,4-5,8-11,13H2,1-3H3,(H,25,31)(H,28,32);1H. The number of nitrogens with zero attached hydrogens (tertiary/aromatic N) is 4. The monoisotopic (exact) mass is 502 g/mol. The van der Waals surface area contributed by atoms with Gasteiger partial charge in [-0.15, -0.1) is 12.4 Å². The van der Waals surface area contributed by atoms with Crippen LogP contribution in [-0.4, -0.2) is 57.4 Å². The lowest BCUT2D eigenvalue weighted by molar-refractivity contribution is 0.0944. The Morgan fingerprint density at radius 1 is 1.14 bits per heavy atom. The number of halogens is 1. The van der Waals surface area contributed by atoms with E-state index >= 15 is 0 Å². The first kappa shape index (κ1) is 26.4. The number of aryl methyl sites for hydroxylation is 1. The third-order valence-electron chi connectivity index (χ3n) is 5.81. The summed E-state index contributed by atoms with van der Waals surface area (Å²) in [6.45, 7) is 9.64. The molecular weight excluding hydrogens is 472 g/mol. The van der Waals surface area contributed by atoms with Crippen molar-refractivity contribution in [2.75, 3.05) is 31.5 Å². The third kappa shape index (κ3) is 6.07. The van der Waals surface area contributed by atoms with Gasteiger partial charge in [0.15, 0.2) is 0 Å². The first-order chi connectivity index (χ1) is 16.3. The Bertz CT molecular complexity index is 1250. The quantitative estimate of drug-likeness (QED) is 0.485. The molecule has 0 aromatic carbocycles. The minimum atomic E-state index is -0.498. The molecule has 11 heteroatoms. The van der Waals surface area contributed by atoms with E-state index < -0.39 is 5.91 Å². The van der Waals surface area contributed by atoms with Gasteiger partial charge in [-0.25, -0.2) is 9.97 Å². The van der Waals surface area contributed by atoms with Crippen molar-refractivity contribution in [1.29, 1.82) is 0 Å². The molecule has 0 saturated carbocycles. The molecule has 10 nitrogen and oxygen atoms in total. The van der Waals surface area contributed by atoms with Crippen molar-refractivity contribution in [1.82, 2.24) is 24.8 Å². The van der Waals surface area contributed by atoms with Gasteiger partial charge in [0.1, 0.15) is 23.2 Å². The molecule has 3 aromatic rings. The molecule has 2 amide bonds. The van der Waals surface area contributed by atoms with E-state index in [4.69, 9.17) is 4.42 Å². The molecule has 0 bridgehead atoms. The SMILES string of the molecule is Cc1oc2ncn(CC(C)C)c(=O)c2c1C(=O)Nc1ccc(C(=O)NCCN2CCCC2)nc1.Cl. The van der Waals surface area contributed by atoms with Crippen molar-refractivity contribution in [3.05, 3.63) is 52.0 Å². The number of carbonyl (C=O) groups excluding carboxylic acids is 2. The first-order valence-electron chi connectivity index (χ1n) is 11.6. The van der Waals surface area contributed by atoms with Crippen LogP contribution in [0.25, 0.3) is 11.1 Å². The van der Waals surface area contributed by atoms with E-state index in [0.29, 0.717) is 24.5 Å². The van der Waals surface area contributed by atoms with Crippen LogP contribution in [0.3, 0.4) is 0 Å². The first-order valence-corrected chi connectivity index (χ1v) is 11.6. The van der Waals surface area contributed by atoms with Gasteiger partial charge in [0.05, 0.1) is 17.4 Å². The average molecular weight is 503 g/mol. The summed E-state index contributed by atoms with van der Waals surface area (Å²) in [4.78, 5) is 49.0. The van der Waals surface area contributed by atoms with Gasteiger partial charge in [0.2, 0.25) is 5.71 Å². The fourth-order valence-electron chi connectivity index (χ4n) is 4.15. The number of furan rings is 1. The van der Waals surface area contributed by atoms with Crippen LogP contribution < -0.4 is 16.2 Å². The number of hydrogen-bond acceptors (Lipinski definition) is 7. The Kier molecular flexibility index (Phi) is 8.63. The van der Waals surface area contributed by atoms with Crippen molar-refractivity contribution in [3.63, 3.8) is 0 Å². The van der Waals surface area contributed by atoms with Crippen LogP contribution in [0.5, 0.6) is 0 Å². The third-order valence-corrected chi connectivity index (χ3v) is 5.81. The van der Waals surface area contributed by atoms with E-state index in [9.17, 15) is 14.4 Å². The molecule has 0 radical (unpaired) electrons. The van der Waals surface area contributed by atoms with E-state index in [1.54, 1.807) is 19.1 Å². The fourth-order valence-corrected chi connectivity index (χ4v) is 4.15. The minimum Gasteiger partial charge on any atom is -0.442 e. The highest BCUT2D eigenvalue weighted by Gasteiger charge is 2.23. The van der Waals surface area contributed by atoms with Crippen LogP contribution in [0.4, 0.5) is 5.69 Å². The van der Waals surface area contributed by atoms with Crippen LogP contribution in [0.15, 0.2) is 33.9 Å². The molecule has 2 N–H and O–H groups in total. The summed E-state index contributed by atoms with van der Waals surface area (Å²) in [6, 6.07) is 3.16. The molecule has 188 valence electrons. The summed E-state index contributed by atoms with van der Waals surface area (Å²) < 4.78 is 7.05. The molecule has 1 fully saturated rings. The summed E-state index contributed by atoms with van der Waals surface area (Å²) >= 11 is 0. The van der Waals surface area contributed by atoms with Gasteiger partial charge in [-0.05, 0) is 50.9 Å². The number of anilines is 1. The summed E-state index contributed by atoms with van der Waals surface area (Å²) in [6.07, 6.45) is 5.27. The topological polar surface area (TPSA) is 122 Å². The molecule has 0 atom stereocenters. The Morgan fingerprint density at radius 3 is 2.54 bits per heavy atom. The lowest BCUT2D eigenvalue weighted by atomic mass is 10.1. The molecule has 0 unspecified atom stereocenters. The predicted molar refractivity (Wildman–Crippen MR) is 135 cm³/mol. The summed E-state index contributed by atoms with van der Waals surface area (Å²) in [7, 11) is 0. The summed E-state index contributed by atoms with van der Waals surface area (Å²) in [5.41, 5.74) is 0.629. The molecule has 1 saturated heterocycles. The zero-order valence-electron chi connectivity index (χ0n) is 20.2. The Labute approximate surface area is 209 Å². The van der Waals surface area contributed by atoms with Crippen molar-refractivity contribution in [2.45, 2.75) is 40.2 Å². The molecule has 0 spiro atoms. The molecule has 4 rings (SSSR count). The maximum Gasteiger partial charge on any atom is 0.269 e. The van der Waals surface area contributed by atoms with Gasteiger partial charge in [-0.2, -0.15) is 0 Å². The number of carbonyl (C=O) groups is 2. The number of likely N-dealkylation sites (tertiary alicyclic amines) is 1. The smallest absolute Gasteiger partial charge is 0.269 e. The zero-order valence-corrected chi connectivity index (χ0v) is 21.0. The van der Waals surface area contributed by atoms with E-state index in [1.165, 1.54) is 29.9 Å². The largest absolute Gasteiger partial charge is 0.442 e. The minimum absolute atomic E-state index is 0. The number of nitrogens with one attached hydrogen (secondary N) is 2. The second-order valence-electron chi connectivity index (χ2n) is 9.00. The lowest BCUT2D eigenvalue weighted by Crippen LogP contribution is -2.33. The van der Waals surface area contributed by atoms with Gasteiger partial charge < -0.3 is 20.0 Å². The van der Waals surface area contributed by atoms with Crippen molar-refractivity contribution in [3.8, 4) is 0 Å².